The number of carbonyl (C=O) groups excluding carboxylic acids is 1. The third kappa shape index (κ3) is 4.25. The Kier molecular flexibility index (Phi) is 6.13. The Hall–Kier alpha value is -3.19. The van der Waals surface area contributed by atoms with Gasteiger partial charge >= 0.3 is 0 Å². The fourth-order valence-electron chi connectivity index (χ4n) is 4.81. The fourth-order valence-corrected chi connectivity index (χ4v) is 4.81. The van der Waals surface area contributed by atoms with E-state index in [1.807, 2.05) is 59.1 Å². The average molecular weight is 447 g/mol. The molecule has 2 aliphatic rings. The molecule has 1 saturated heterocycles. The lowest BCUT2D eigenvalue weighted by Crippen LogP contribution is -2.43. The van der Waals surface area contributed by atoms with E-state index in [-0.39, 0.29) is 12.0 Å². The van der Waals surface area contributed by atoms with Crippen LogP contribution in [0.2, 0.25) is 0 Å². The van der Waals surface area contributed by atoms with Crippen molar-refractivity contribution >= 4 is 5.91 Å². The smallest absolute Gasteiger partial charge is 0.272 e. The fraction of sp³-hybridized carbons (Fsp3) is 0.423. The third-order valence-electron chi connectivity index (χ3n) is 6.60. The van der Waals surface area contributed by atoms with Crippen LogP contribution in [-0.4, -0.2) is 52.4 Å². The SMILES string of the molecule is CCn1nc2c(c1C(=O)N1CCOC(c3ccc(-c4cccc(OC)c4)cn3)C1)CCCC2. The summed E-state index contributed by atoms with van der Waals surface area (Å²) >= 11 is 0. The van der Waals surface area contributed by atoms with Gasteiger partial charge in [0.1, 0.15) is 17.5 Å². The second-order valence-corrected chi connectivity index (χ2v) is 8.61. The van der Waals surface area contributed by atoms with Gasteiger partial charge in [-0.15, -0.1) is 0 Å². The number of fused-ring (bicyclic) bond motifs is 1. The van der Waals surface area contributed by atoms with Crippen molar-refractivity contribution in [2.75, 3.05) is 26.8 Å². The monoisotopic (exact) mass is 446 g/mol. The number of nitrogens with zero attached hydrogens (tertiary/aromatic N) is 4. The van der Waals surface area contributed by atoms with Crippen LogP contribution in [0.25, 0.3) is 11.1 Å². The molecule has 1 aliphatic carbocycles. The number of pyridine rings is 1. The summed E-state index contributed by atoms with van der Waals surface area (Å²) in [7, 11) is 1.66. The minimum Gasteiger partial charge on any atom is -0.497 e. The first-order valence-electron chi connectivity index (χ1n) is 11.8. The summed E-state index contributed by atoms with van der Waals surface area (Å²) in [4.78, 5) is 20.1. The normalized spacial score (nSPS) is 18.1. The second kappa shape index (κ2) is 9.35. The minimum absolute atomic E-state index is 0.0637. The zero-order valence-corrected chi connectivity index (χ0v) is 19.3. The van der Waals surface area contributed by atoms with Gasteiger partial charge in [0.05, 0.1) is 31.6 Å². The molecule has 172 valence electrons. The quantitative estimate of drug-likeness (QED) is 0.591. The molecular weight excluding hydrogens is 416 g/mol. The standard InChI is InChI=1S/C26H30N4O3/c1-3-30-25(21-9-4-5-10-22(21)28-30)26(31)29-13-14-33-24(17-29)23-12-11-19(16-27-23)18-7-6-8-20(15-18)32-2/h6-8,11-12,15-16,24H,3-5,9-10,13-14,17H2,1-2H3. The molecule has 0 N–H and O–H groups in total. The Bertz CT molecular complexity index is 1140. The molecule has 1 aromatic carbocycles. The van der Waals surface area contributed by atoms with Crippen molar-refractivity contribution in [3.8, 4) is 16.9 Å². The molecule has 1 aliphatic heterocycles. The van der Waals surface area contributed by atoms with Gasteiger partial charge in [0, 0.05) is 30.4 Å². The van der Waals surface area contributed by atoms with Crippen LogP contribution < -0.4 is 4.74 Å². The molecule has 33 heavy (non-hydrogen) atoms. The number of benzene rings is 1. The number of carbonyl (C=O) groups is 1. The summed E-state index contributed by atoms with van der Waals surface area (Å²) in [6.45, 7) is 4.33. The van der Waals surface area contributed by atoms with Gasteiger partial charge in [0.15, 0.2) is 0 Å². The largest absolute Gasteiger partial charge is 0.497 e. The summed E-state index contributed by atoms with van der Waals surface area (Å²) in [5, 5.41) is 4.73. The number of hydrogen-bond donors (Lipinski definition) is 0. The summed E-state index contributed by atoms with van der Waals surface area (Å²) in [6, 6.07) is 12.0. The Morgan fingerprint density at radius 2 is 2.06 bits per heavy atom. The Morgan fingerprint density at radius 1 is 1.18 bits per heavy atom. The van der Waals surface area contributed by atoms with Crippen molar-refractivity contribution in [1.82, 2.24) is 19.7 Å². The van der Waals surface area contributed by atoms with Crippen LogP contribution in [0, 0.1) is 0 Å². The summed E-state index contributed by atoms with van der Waals surface area (Å²) in [6.07, 6.45) is 5.80. The zero-order chi connectivity index (χ0) is 22.8. The van der Waals surface area contributed by atoms with Gasteiger partial charge in [-0.25, -0.2) is 0 Å². The van der Waals surface area contributed by atoms with Crippen molar-refractivity contribution in [1.29, 1.82) is 0 Å². The lowest BCUT2D eigenvalue weighted by Gasteiger charge is -2.33. The number of hydrogen-bond acceptors (Lipinski definition) is 5. The van der Waals surface area contributed by atoms with Crippen molar-refractivity contribution in [2.24, 2.45) is 0 Å². The number of amides is 1. The number of morpholine rings is 1. The first kappa shape index (κ1) is 21.6. The van der Waals surface area contributed by atoms with E-state index < -0.39 is 0 Å². The van der Waals surface area contributed by atoms with Gasteiger partial charge in [0.2, 0.25) is 0 Å². The molecule has 1 atom stereocenters. The maximum absolute atomic E-state index is 13.6. The zero-order valence-electron chi connectivity index (χ0n) is 19.3. The predicted octanol–water partition coefficient (Wildman–Crippen LogP) is 4.07. The number of methoxy groups -OCH3 is 1. The first-order valence-corrected chi connectivity index (χ1v) is 11.8. The third-order valence-corrected chi connectivity index (χ3v) is 6.60. The highest BCUT2D eigenvalue weighted by Crippen LogP contribution is 2.29. The summed E-state index contributed by atoms with van der Waals surface area (Å²) < 4.78 is 13.2. The number of aromatic nitrogens is 3. The highest BCUT2D eigenvalue weighted by Gasteiger charge is 2.32. The van der Waals surface area contributed by atoms with Crippen LogP contribution in [0.3, 0.4) is 0 Å². The predicted molar refractivity (Wildman–Crippen MR) is 125 cm³/mol. The maximum atomic E-state index is 13.6. The van der Waals surface area contributed by atoms with E-state index in [4.69, 9.17) is 14.6 Å². The summed E-state index contributed by atoms with van der Waals surface area (Å²) in [5.74, 6) is 0.878. The molecule has 7 heteroatoms. The van der Waals surface area contributed by atoms with Crippen LogP contribution in [-0.2, 0) is 24.1 Å². The molecule has 1 unspecified atom stereocenters. The molecule has 3 heterocycles. The van der Waals surface area contributed by atoms with Gasteiger partial charge < -0.3 is 14.4 Å². The van der Waals surface area contributed by atoms with E-state index in [1.54, 1.807) is 7.11 Å². The van der Waals surface area contributed by atoms with Crippen LogP contribution in [0.1, 0.15) is 53.3 Å². The first-order chi connectivity index (χ1) is 16.2. The van der Waals surface area contributed by atoms with E-state index in [2.05, 4.69) is 4.98 Å². The van der Waals surface area contributed by atoms with Crippen LogP contribution in [0.15, 0.2) is 42.6 Å². The number of ether oxygens (including phenoxy) is 2. The van der Waals surface area contributed by atoms with Crippen molar-refractivity contribution in [3.63, 3.8) is 0 Å². The second-order valence-electron chi connectivity index (χ2n) is 8.61. The van der Waals surface area contributed by atoms with Gasteiger partial charge in [0.25, 0.3) is 5.91 Å². The molecule has 5 rings (SSSR count). The van der Waals surface area contributed by atoms with Gasteiger partial charge in [-0.3, -0.25) is 14.5 Å². The van der Waals surface area contributed by atoms with E-state index in [0.29, 0.717) is 26.2 Å². The van der Waals surface area contributed by atoms with E-state index in [0.717, 1.165) is 65.2 Å². The number of rotatable bonds is 5. The minimum atomic E-state index is -0.240. The van der Waals surface area contributed by atoms with Crippen LogP contribution >= 0.6 is 0 Å². The average Bonchev–Trinajstić information content (AvgIpc) is 3.27. The molecule has 0 bridgehead atoms. The maximum Gasteiger partial charge on any atom is 0.272 e. The van der Waals surface area contributed by atoms with Crippen LogP contribution in [0.4, 0.5) is 0 Å². The molecular formula is C26H30N4O3. The molecule has 0 saturated carbocycles. The van der Waals surface area contributed by atoms with E-state index >= 15 is 0 Å². The van der Waals surface area contributed by atoms with Crippen molar-refractivity contribution < 1.29 is 14.3 Å². The Morgan fingerprint density at radius 3 is 2.85 bits per heavy atom. The Labute approximate surface area is 194 Å². The lowest BCUT2D eigenvalue weighted by molar-refractivity contribution is -0.0251. The Balaban J connectivity index is 1.34. The van der Waals surface area contributed by atoms with Gasteiger partial charge in [-0.05, 0) is 56.4 Å². The summed E-state index contributed by atoms with van der Waals surface area (Å²) in [5.41, 5.74) is 5.93. The van der Waals surface area contributed by atoms with Gasteiger partial charge in [-0.1, -0.05) is 18.2 Å². The van der Waals surface area contributed by atoms with Crippen molar-refractivity contribution in [3.05, 3.63) is 65.2 Å². The highest BCUT2D eigenvalue weighted by molar-refractivity contribution is 5.94. The molecule has 1 fully saturated rings. The molecule has 7 nitrogen and oxygen atoms in total. The van der Waals surface area contributed by atoms with E-state index in [9.17, 15) is 4.79 Å². The van der Waals surface area contributed by atoms with Crippen LogP contribution in [0.5, 0.6) is 5.75 Å². The topological polar surface area (TPSA) is 69.5 Å². The highest BCUT2D eigenvalue weighted by atomic mass is 16.5. The van der Waals surface area contributed by atoms with Gasteiger partial charge in [-0.2, -0.15) is 5.10 Å². The lowest BCUT2D eigenvalue weighted by atomic mass is 9.95. The molecule has 0 spiro atoms. The molecule has 2 aromatic heterocycles. The molecule has 0 radical (unpaired) electrons. The van der Waals surface area contributed by atoms with E-state index in [1.165, 1.54) is 0 Å². The van der Waals surface area contributed by atoms with Crippen molar-refractivity contribution in [2.45, 2.75) is 45.3 Å². The molecule has 3 aromatic rings. The number of aryl methyl sites for hydroxylation is 2. The molecule has 1 amide bonds.